The number of hydrogen-bond donors (Lipinski definition) is 3. The van der Waals surface area contributed by atoms with Crippen LogP contribution in [-0.4, -0.2) is 37.0 Å². The number of aromatic hydroxyl groups is 1. The zero-order valence-corrected chi connectivity index (χ0v) is 16.9. The highest BCUT2D eigenvalue weighted by Crippen LogP contribution is 2.32. The van der Waals surface area contributed by atoms with Crippen LogP contribution in [0.2, 0.25) is 0 Å². The van der Waals surface area contributed by atoms with Crippen molar-refractivity contribution in [2.24, 2.45) is 5.10 Å². The molecule has 3 N–H and O–H groups in total. The maximum absolute atomic E-state index is 12.2. The first-order chi connectivity index (χ1) is 12.9. The molecule has 1 atom stereocenters. The van der Waals surface area contributed by atoms with Crippen LogP contribution < -0.4 is 20.2 Å². The first kappa shape index (κ1) is 20.6. The van der Waals surface area contributed by atoms with Crippen LogP contribution in [-0.2, 0) is 4.79 Å². The number of methoxy groups -OCH3 is 1. The van der Waals surface area contributed by atoms with E-state index in [0.717, 1.165) is 15.9 Å². The molecule has 8 heteroatoms. The topological polar surface area (TPSA) is 92.2 Å². The Labute approximate surface area is 166 Å². The minimum absolute atomic E-state index is 0.0562. The number of halogens is 1. The van der Waals surface area contributed by atoms with Gasteiger partial charge < -0.3 is 19.9 Å². The number of nitrogens with zero attached hydrogens (tertiary/aromatic N) is 1. The third kappa shape index (κ3) is 5.89. The van der Waals surface area contributed by atoms with E-state index < -0.39 is 6.04 Å². The smallest absolute Gasteiger partial charge is 0.262 e. The van der Waals surface area contributed by atoms with Crippen LogP contribution >= 0.6 is 15.9 Å². The number of phenolic OH excluding ortho intramolecular Hbond substituents is 1. The number of rotatable bonds is 8. The molecule has 0 radical (unpaired) electrons. The molecule has 0 aliphatic rings. The van der Waals surface area contributed by atoms with Crippen LogP contribution in [0.5, 0.6) is 17.2 Å². The highest BCUT2D eigenvalue weighted by atomic mass is 79.9. The Morgan fingerprint density at radius 1 is 1.33 bits per heavy atom. The number of hydrazone groups is 1. The molecular formula is C19H22BrN3O4. The predicted molar refractivity (Wildman–Crippen MR) is 109 cm³/mol. The number of carbonyl (C=O) groups is 1. The number of anilines is 1. The van der Waals surface area contributed by atoms with Gasteiger partial charge in [-0.05, 0) is 50.2 Å². The average molecular weight is 436 g/mol. The second-order valence-electron chi connectivity index (χ2n) is 5.60. The lowest BCUT2D eigenvalue weighted by Crippen LogP contribution is -2.34. The summed E-state index contributed by atoms with van der Waals surface area (Å²) in [4.78, 5) is 12.2. The van der Waals surface area contributed by atoms with Crippen molar-refractivity contribution in [3.63, 3.8) is 0 Å². The van der Waals surface area contributed by atoms with Gasteiger partial charge in [-0.1, -0.05) is 15.9 Å². The summed E-state index contributed by atoms with van der Waals surface area (Å²) in [6.45, 7) is 4.24. The maximum atomic E-state index is 12.2. The molecule has 0 fully saturated rings. The molecule has 0 spiro atoms. The lowest BCUT2D eigenvalue weighted by molar-refractivity contribution is -0.121. The van der Waals surface area contributed by atoms with Crippen LogP contribution in [0.4, 0.5) is 5.69 Å². The lowest BCUT2D eigenvalue weighted by atomic mass is 10.2. The first-order valence-corrected chi connectivity index (χ1v) is 9.12. The summed E-state index contributed by atoms with van der Waals surface area (Å²) in [5.41, 5.74) is 3.65. The molecule has 0 aliphatic carbocycles. The van der Waals surface area contributed by atoms with Crippen molar-refractivity contribution in [2.75, 3.05) is 19.0 Å². The highest BCUT2D eigenvalue weighted by Gasteiger charge is 2.12. The van der Waals surface area contributed by atoms with Crippen LogP contribution in [0.15, 0.2) is 46.0 Å². The summed E-state index contributed by atoms with van der Waals surface area (Å²) in [6.07, 6.45) is 1.35. The number of benzene rings is 2. The molecule has 0 aromatic heterocycles. The van der Waals surface area contributed by atoms with Gasteiger partial charge >= 0.3 is 0 Å². The maximum Gasteiger partial charge on any atom is 0.262 e. The third-order valence-electron chi connectivity index (χ3n) is 3.61. The zero-order valence-electron chi connectivity index (χ0n) is 15.3. The number of carbonyl (C=O) groups excluding carboxylic acids is 1. The van der Waals surface area contributed by atoms with Crippen molar-refractivity contribution >= 4 is 33.7 Å². The number of ether oxygens (including phenoxy) is 2. The van der Waals surface area contributed by atoms with Gasteiger partial charge in [0.05, 0.1) is 19.9 Å². The largest absolute Gasteiger partial charge is 0.504 e. The second-order valence-corrected chi connectivity index (χ2v) is 6.52. The first-order valence-electron chi connectivity index (χ1n) is 8.33. The van der Waals surface area contributed by atoms with Gasteiger partial charge in [0.25, 0.3) is 5.91 Å². The standard InChI is InChI=1S/C19H22BrN3O4/c1-4-27-16-7-5-15(6-8-16)22-12(2)19(25)23-21-11-13-9-14(20)10-17(26-3)18(13)24/h5-12,22,24H,4H2,1-3H3,(H,23,25)/b21-11-/t12-/m1/s1. The van der Waals surface area contributed by atoms with Gasteiger partial charge in [0, 0.05) is 15.7 Å². The molecule has 2 aromatic rings. The third-order valence-corrected chi connectivity index (χ3v) is 4.07. The summed E-state index contributed by atoms with van der Waals surface area (Å²) >= 11 is 3.32. The van der Waals surface area contributed by atoms with Gasteiger partial charge in [-0.15, -0.1) is 0 Å². The van der Waals surface area contributed by atoms with Crippen molar-refractivity contribution < 1.29 is 19.4 Å². The van der Waals surface area contributed by atoms with E-state index in [-0.39, 0.29) is 11.7 Å². The van der Waals surface area contributed by atoms with E-state index in [0.29, 0.717) is 17.9 Å². The molecule has 0 unspecified atom stereocenters. The molecule has 27 heavy (non-hydrogen) atoms. The van der Waals surface area contributed by atoms with Crippen molar-refractivity contribution in [3.8, 4) is 17.2 Å². The SMILES string of the molecule is CCOc1ccc(N[C@H](C)C(=O)N/N=C\c2cc(Br)cc(OC)c2O)cc1. The lowest BCUT2D eigenvalue weighted by Gasteiger charge is -2.14. The van der Waals surface area contributed by atoms with Gasteiger partial charge in [0.1, 0.15) is 11.8 Å². The Morgan fingerprint density at radius 2 is 2.04 bits per heavy atom. The second kappa shape index (κ2) is 9.82. The van der Waals surface area contributed by atoms with Gasteiger partial charge in [0.15, 0.2) is 11.5 Å². The van der Waals surface area contributed by atoms with Gasteiger partial charge in [-0.25, -0.2) is 5.43 Å². The van der Waals surface area contributed by atoms with Gasteiger partial charge in [-0.2, -0.15) is 5.10 Å². The Kier molecular flexibility index (Phi) is 7.48. The molecular weight excluding hydrogens is 414 g/mol. The van der Waals surface area contributed by atoms with E-state index >= 15 is 0 Å². The van der Waals surface area contributed by atoms with Crippen LogP contribution in [0.25, 0.3) is 0 Å². The summed E-state index contributed by atoms with van der Waals surface area (Å²) in [5, 5.41) is 17.0. The quantitative estimate of drug-likeness (QED) is 0.435. The van der Waals surface area contributed by atoms with Crippen molar-refractivity contribution in [1.29, 1.82) is 0 Å². The molecule has 0 bridgehead atoms. The normalized spacial score (nSPS) is 11.9. The van der Waals surface area contributed by atoms with Crippen LogP contribution in [0.1, 0.15) is 19.4 Å². The van der Waals surface area contributed by atoms with Crippen LogP contribution in [0, 0.1) is 0 Å². The van der Waals surface area contributed by atoms with Crippen molar-refractivity contribution in [1.82, 2.24) is 5.43 Å². The van der Waals surface area contributed by atoms with Crippen molar-refractivity contribution in [3.05, 3.63) is 46.4 Å². The van der Waals surface area contributed by atoms with Gasteiger partial charge in [-0.3, -0.25) is 4.79 Å². The molecule has 0 heterocycles. The Morgan fingerprint density at radius 3 is 2.67 bits per heavy atom. The van der Waals surface area contributed by atoms with E-state index in [1.807, 2.05) is 31.2 Å². The molecule has 2 aromatic carbocycles. The number of phenols is 1. The summed E-state index contributed by atoms with van der Waals surface area (Å²) in [7, 11) is 1.46. The number of hydrogen-bond acceptors (Lipinski definition) is 6. The molecule has 144 valence electrons. The predicted octanol–water partition coefficient (Wildman–Crippen LogP) is 3.51. The Bertz CT molecular complexity index is 809. The molecule has 0 saturated carbocycles. The van der Waals surface area contributed by atoms with E-state index in [1.54, 1.807) is 19.1 Å². The fourth-order valence-electron chi connectivity index (χ4n) is 2.24. The van der Waals surface area contributed by atoms with Crippen LogP contribution in [0.3, 0.4) is 0 Å². The minimum Gasteiger partial charge on any atom is -0.504 e. The number of nitrogens with one attached hydrogen (secondary N) is 2. The van der Waals surface area contributed by atoms with E-state index in [9.17, 15) is 9.90 Å². The van der Waals surface area contributed by atoms with E-state index in [4.69, 9.17) is 9.47 Å². The average Bonchev–Trinajstić information content (AvgIpc) is 2.65. The molecule has 7 nitrogen and oxygen atoms in total. The van der Waals surface area contributed by atoms with E-state index in [1.165, 1.54) is 13.3 Å². The van der Waals surface area contributed by atoms with E-state index in [2.05, 4.69) is 31.8 Å². The van der Waals surface area contributed by atoms with Gasteiger partial charge in [0.2, 0.25) is 0 Å². The zero-order chi connectivity index (χ0) is 19.8. The summed E-state index contributed by atoms with van der Waals surface area (Å²) in [6, 6.07) is 10.1. The molecule has 1 amide bonds. The number of amides is 1. The summed E-state index contributed by atoms with van der Waals surface area (Å²) in [5.74, 6) is 0.706. The molecule has 2 rings (SSSR count). The molecule has 0 saturated heterocycles. The highest BCUT2D eigenvalue weighted by molar-refractivity contribution is 9.10. The fraction of sp³-hybridized carbons (Fsp3) is 0.263. The Balaban J connectivity index is 1.94. The monoisotopic (exact) mass is 435 g/mol. The minimum atomic E-state index is -0.509. The van der Waals surface area contributed by atoms with Crippen molar-refractivity contribution in [2.45, 2.75) is 19.9 Å². The molecule has 0 aliphatic heterocycles. The summed E-state index contributed by atoms with van der Waals surface area (Å²) < 4.78 is 11.2. The Hall–Kier alpha value is -2.74. The fourth-order valence-corrected chi connectivity index (χ4v) is 2.69.